The van der Waals surface area contributed by atoms with Crippen molar-refractivity contribution in [3.8, 4) is 0 Å². The normalized spacial score (nSPS) is 21.2. The minimum atomic E-state index is -4.07. The fraction of sp³-hybridized carbons (Fsp3) is 0.500. The van der Waals surface area contributed by atoms with Crippen LogP contribution in [0.4, 0.5) is 0 Å². The first-order valence-corrected chi connectivity index (χ1v) is 19.1. The zero-order chi connectivity index (χ0) is 16.6. The summed E-state index contributed by atoms with van der Waals surface area (Å²) in [7, 11) is 14.8. The second-order valence-electron chi connectivity index (χ2n) is 7.41. The number of benzene rings is 1. The molecule has 0 saturated carbocycles. The van der Waals surface area contributed by atoms with Gasteiger partial charge in [0, 0.05) is 0 Å². The number of hydrogen-bond donors (Lipinski definition) is 2. The standard InChI is InChI=1S/C9H7.C4H10N.C3H9OSi.2ClH.Ti/c1-2-5-9-7-3-6-8(9)4-1;1-4(2,3)5;1-5-3-2-4;;;/h1-7H;5H,1-3H3;4-5H,2-3H2,1H3;2*1H;/q;-1;;;;+3/p-2. The van der Waals surface area contributed by atoms with Gasteiger partial charge in [0.1, 0.15) is 0 Å². The first-order valence-electron chi connectivity index (χ1n) is 7.83. The van der Waals surface area contributed by atoms with E-state index in [0.29, 0.717) is 0 Å². The Labute approximate surface area is 143 Å². The van der Waals surface area contributed by atoms with E-state index in [-0.39, 0.29) is 16.4 Å². The summed E-state index contributed by atoms with van der Waals surface area (Å²) in [5, 5.41) is 9.45. The van der Waals surface area contributed by atoms with E-state index in [1.807, 2.05) is 6.07 Å². The Morgan fingerprint density at radius 3 is 2.50 bits per heavy atom. The van der Waals surface area contributed by atoms with Crippen molar-refractivity contribution in [2.75, 3.05) is 6.61 Å². The zero-order valence-corrected chi connectivity index (χ0v) is 18.0. The topological polar surface area (TPSA) is 32.3 Å². The van der Waals surface area contributed by atoms with E-state index in [4.69, 9.17) is 18.6 Å². The van der Waals surface area contributed by atoms with Crippen LogP contribution >= 0.6 is 18.6 Å². The molecule has 2 N–H and O–H groups in total. The molecule has 0 saturated heterocycles. The second-order valence-corrected chi connectivity index (χ2v) is 34.8. The van der Waals surface area contributed by atoms with Crippen LogP contribution in [-0.2, 0) is 12.7 Å². The summed E-state index contributed by atoms with van der Waals surface area (Å²) >= 11 is -4.07. The molecule has 2 rings (SSSR count). The molecule has 1 aromatic carbocycles. The molecule has 0 aromatic heterocycles. The first kappa shape index (κ1) is 18.7. The van der Waals surface area contributed by atoms with Crippen molar-refractivity contribution in [2.24, 2.45) is 0 Å². The summed E-state index contributed by atoms with van der Waals surface area (Å²) in [5.41, 5.74) is 2.30. The Morgan fingerprint density at radius 2 is 1.91 bits per heavy atom. The zero-order valence-electron chi connectivity index (χ0n) is 13.7. The van der Waals surface area contributed by atoms with Crippen LogP contribution in [0.1, 0.15) is 36.1 Å². The maximum atomic E-state index is 9.45. The van der Waals surface area contributed by atoms with E-state index in [0.717, 1.165) is 6.04 Å². The van der Waals surface area contributed by atoms with E-state index in [1.165, 1.54) is 11.1 Å². The van der Waals surface area contributed by atoms with Gasteiger partial charge in [-0.2, -0.15) is 0 Å². The van der Waals surface area contributed by atoms with E-state index in [9.17, 15) is 5.11 Å². The number of hydrogen-bond acceptors (Lipinski definition) is 2. The first-order chi connectivity index (χ1) is 10.1. The van der Waals surface area contributed by atoms with E-state index in [1.54, 1.807) is 0 Å². The Bertz CT molecular complexity index is 586. The van der Waals surface area contributed by atoms with Crippen molar-refractivity contribution < 1.29 is 17.8 Å². The maximum absolute atomic E-state index is 9.45. The van der Waals surface area contributed by atoms with Gasteiger partial charge in [0.25, 0.3) is 0 Å². The molecule has 0 radical (unpaired) electrons. The summed E-state index contributed by atoms with van der Waals surface area (Å²) in [6.07, 6.45) is 4.32. The quantitative estimate of drug-likeness (QED) is 0.725. The van der Waals surface area contributed by atoms with Gasteiger partial charge in [0.15, 0.2) is 0 Å². The van der Waals surface area contributed by atoms with E-state index in [2.05, 4.69) is 61.5 Å². The van der Waals surface area contributed by atoms with Crippen molar-refractivity contribution in [3.05, 3.63) is 41.5 Å². The van der Waals surface area contributed by atoms with Crippen LogP contribution in [0, 0.1) is 0 Å². The molecule has 0 amide bonds. The molecule has 1 aliphatic carbocycles. The van der Waals surface area contributed by atoms with Crippen LogP contribution < -0.4 is 3.80 Å². The average Bonchev–Trinajstić information content (AvgIpc) is 2.81. The SMILES string of the molecule is C[SiH](CCO)[Ti]([Cl])([Cl])([NH]C(C)(C)C)[CH]1C=Cc2ccccc21. The molecule has 1 aromatic rings. The van der Waals surface area contributed by atoms with Gasteiger partial charge in [0.2, 0.25) is 0 Å². The van der Waals surface area contributed by atoms with Crippen molar-refractivity contribution in [3.63, 3.8) is 0 Å². The van der Waals surface area contributed by atoms with E-state index < -0.39 is 19.4 Å². The fourth-order valence-corrected chi connectivity index (χ4v) is 26.4. The van der Waals surface area contributed by atoms with Gasteiger partial charge in [0.05, 0.1) is 0 Å². The third-order valence-corrected chi connectivity index (χ3v) is 35.7. The number of aliphatic hydroxyl groups excluding tert-OH is 1. The second kappa shape index (κ2) is 6.36. The molecule has 0 heterocycles. The fourth-order valence-electron chi connectivity index (χ4n) is 3.39. The number of rotatable bonds is 5. The van der Waals surface area contributed by atoms with Crippen LogP contribution in [0.2, 0.25) is 12.6 Å². The number of fused-ring (bicyclic) bond motifs is 1. The molecule has 0 aliphatic heterocycles. The number of allylic oxidation sites excluding steroid dienone is 1. The molecule has 123 valence electrons. The van der Waals surface area contributed by atoms with Crippen LogP contribution in [-0.4, -0.2) is 23.9 Å². The van der Waals surface area contributed by atoms with E-state index >= 15 is 0 Å². The summed E-state index contributed by atoms with van der Waals surface area (Å²) in [6, 6.07) is 9.09. The summed E-state index contributed by atoms with van der Waals surface area (Å²) in [5.74, 6) is 0. The molecule has 22 heavy (non-hydrogen) atoms. The van der Waals surface area contributed by atoms with Crippen molar-refractivity contribution in [2.45, 2.75) is 43.1 Å². The van der Waals surface area contributed by atoms with Crippen molar-refractivity contribution in [1.82, 2.24) is 3.80 Å². The molecule has 6 heteroatoms. The molecule has 2 atom stereocenters. The van der Waals surface area contributed by atoms with Crippen LogP contribution in [0.3, 0.4) is 0 Å². The average molecular weight is 395 g/mol. The molecule has 0 spiro atoms. The number of nitrogens with one attached hydrogen (secondary N) is 1. The molecular formula is C16H26Cl2NOSiTi. The third kappa shape index (κ3) is 3.56. The number of halogens is 2. The summed E-state index contributed by atoms with van der Waals surface area (Å²) in [4.78, 5) is 0. The Hall–Kier alpha value is 0.391. The van der Waals surface area contributed by atoms with Gasteiger partial charge in [-0.25, -0.2) is 0 Å². The molecule has 1 aliphatic rings. The van der Waals surface area contributed by atoms with Gasteiger partial charge in [-0.05, 0) is 0 Å². The van der Waals surface area contributed by atoms with Crippen molar-refractivity contribution in [1.29, 1.82) is 0 Å². The van der Waals surface area contributed by atoms with Crippen LogP contribution in [0.15, 0.2) is 30.3 Å². The molecule has 0 bridgehead atoms. The predicted octanol–water partition coefficient (Wildman–Crippen LogP) is 4.40. The molecular weight excluding hydrogens is 369 g/mol. The molecule has 2 nitrogen and oxygen atoms in total. The van der Waals surface area contributed by atoms with Crippen LogP contribution in [0.25, 0.3) is 6.08 Å². The molecule has 2 unspecified atom stereocenters. The molecule has 0 fully saturated rings. The van der Waals surface area contributed by atoms with Gasteiger partial charge in [-0.15, -0.1) is 0 Å². The van der Waals surface area contributed by atoms with Gasteiger partial charge < -0.3 is 0 Å². The van der Waals surface area contributed by atoms with Gasteiger partial charge >= 0.3 is 144 Å². The van der Waals surface area contributed by atoms with Gasteiger partial charge in [-0.3, -0.25) is 0 Å². The summed E-state index contributed by atoms with van der Waals surface area (Å²) < 4.78 is 3.77. The number of aliphatic hydroxyl groups is 1. The van der Waals surface area contributed by atoms with Gasteiger partial charge in [-0.1, -0.05) is 0 Å². The Balaban J connectivity index is 2.53. The summed E-state index contributed by atoms with van der Waals surface area (Å²) in [6.45, 7) is 7.17. The predicted molar refractivity (Wildman–Crippen MR) is 97.7 cm³/mol. The minimum absolute atomic E-state index is 0.0731. The Morgan fingerprint density at radius 1 is 1.27 bits per heavy atom. The Kier molecular flexibility index (Phi) is 5.42. The third-order valence-electron chi connectivity index (χ3n) is 4.45. The monoisotopic (exact) mass is 394 g/mol. The van der Waals surface area contributed by atoms with Crippen molar-refractivity contribution >= 4 is 31.3 Å². The van der Waals surface area contributed by atoms with Crippen LogP contribution in [0.5, 0.6) is 0 Å².